The van der Waals surface area contributed by atoms with E-state index in [4.69, 9.17) is 16.3 Å². The number of unbranched alkanes of at least 4 members (excludes halogenated alkanes) is 1. The van der Waals surface area contributed by atoms with Crippen LogP contribution in [0.4, 0.5) is 21.0 Å². The molecule has 3 rings (SSSR count). The molecule has 9 heteroatoms. The van der Waals surface area contributed by atoms with E-state index >= 15 is 0 Å². The van der Waals surface area contributed by atoms with Crippen molar-refractivity contribution in [2.45, 2.75) is 59.6 Å². The summed E-state index contributed by atoms with van der Waals surface area (Å²) in [4.78, 5) is 40.2. The van der Waals surface area contributed by atoms with Gasteiger partial charge in [0.2, 0.25) is 0 Å². The lowest BCUT2D eigenvalue weighted by Crippen LogP contribution is -2.48. The zero-order valence-electron chi connectivity index (χ0n) is 21.3. The summed E-state index contributed by atoms with van der Waals surface area (Å²) in [6.45, 7) is 9.75. The Bertz CT molecular complexity index is 1180. The monoisotopic (exact) mass is 512 g/mol. The number of benzene rings is 2. The average Bonchev–Trinajstić information content (AvgIpc) is 2.80. The van der Waals surface area contributed by atoms with Gasteiger partial charge in [-0.15, -0.1) is 0 Å². The zero-order valence-corrected chi connectivity index (χ0v) is 22.0. The number of carbonyl (C=O) groups excluding carboxylic acids is 3. The molecule has 192 valence electrons. The number of allylic oxidation sites excluding steroid dienone is 1. The lowest BCUT2D eigenvalue weighted by molar-refractivity contribution is -0.143. The van der Waals surface area contributed by atoms with Gasteiger partial charge in [0.1, 0.15) is 0 Å². The zero-order chi connectivity index (χ0) is 26.4. The van der Waals surface area contributed by atoms with Gasteiger partial charge in [-0.25, -0.2) is 14.4 Å². The standard InChI is InChI=1S/C27H33ClN4O4/c1-6-7-13-32-18(5)23(25(33)36-16(2)3)24(31-27(32)35)19-9-8-10-20(14-19)29-26(34)30-21-12-11-17(4)22(28)15-21/h8-12,14-16,24H,6-7,13H2,1-5H3,(H,31,35)(H2,29,30,34). The highest BCUT2D eigenvalue weighted by molar-refractivity contribution is 6.31. The maximum Gasteiger partial charge on any atom is 0.338 e. The van der Waals surface area contributed by atoms with Gasteiger partial charge in [-0.1, -0.05) is 43.1 Å². The SMILES string of the molecule is CCCCN1C(=O)NC(c2cccc(NC(=O)Nc3ccc(C)c(Cl)c3)c2)C(C(=O)OC(C)C)=C1C. The number of rotatable bonds is 8. The van der Waals surface area contributed by atoms with E-state index in [1.165, 1.54) is 0 Å². The Morgan fingerprint density at radius 2 is 1.81 bits per heavy atom. The number of carbonyl (C=O) groups is 3. The van der Waals surface area contributed by atoms with E-state index in [9.17, 15) is 14.4 Å². The van der Waals surface area contributed by atoms with E-state index in [-0.39, 0.29) is 12.1 Å². The van der Waals surface area contributed by atoms with Crippen LogP contribution >= 0.6 is 11.6 Å². The van der Waals surface area contributed by atoms with Crippen LogP contribution in [0.5, 0.6) is 0 Å². The summed E-state index contributed by atoms with van der Waals surface area (Å²) in [5, 5.41) is 9.04. The maximum absolute atomic E-state index is 13.1. The van der Waals surface area contributed by atoms with E-state index in [0.717, 1.165) is 18.4 Å². The molecule has 0 radical (unpaired) electrons. The first-order valence-corrected chi connectivity index (χ1v) is 12.4. The Morgan fingerprint density at radius 3 is 2.44 bits per heavy atom. The van der Waals surface area contributed by atoms with Gasteiger partial charge in [0.05, 0.1) is 17.7 Å². The first kappa shape index (κ1) is 27.1. The number of hydrogen-bond donors (Lipinski definition) is 3. The summed E-state index contributed by atoms with van der Waals surface area (Å²) in [5.74, 6) is -0.485. The molecule has 0 fully saturated rings. The van der Waals surface area contributed by atoms with Crippen LogP contribution in [0, 0.1) is 6.92 Å². The summed E-state index contributed by atoms with van der Waals surface area (Å²) in [6, 6.07) is 10.8. The second kappa shape index (κ2) is 11.9. The molecule has 2 aromatic rings. The van der Waals surface area contributed by atoms with Gasteiger partial charge < -0.3 is 20.7 Å². The number of urea groups is 2. The smallest absolute Gasteiger partial charge is 0.338 e. The van der Waals surface area contributed by atoms with Crippen molar-refractivity contribution in [3.63, 3.8) is 0 Å². The van der Waals surface area contributed by atoms with Crippen molar-refractivity contribution < 1.29 is 19.1 Å². The van der Waals surface area contributed by atoms with Crippen molar-refractivity contribution in [3.05, 3.63) is 69.9 Å². The highest BCUT2D eigenvalue weighted by atomic mass is 35.5. The molecule has 1 unspecified atom stereocenters. The summed E-state index contributed by atoms with van der Waals surface area (Å²) in [7, 11) is 0. The number of hydrogen-bond acceptors (Lipinski definition) is 4. The number of halogens is 1. The fourth-order valence-electron chi connectivity index (χ4n) is 3.92. The topological polar surface area (TPSA) is 99.8 Å². The predicted octanol–water partition coefficient (Wildman–Crippen LogP) is 6.38. The van der Waals surface area contributed by atoms with Crippen molar-refractivity contribution >= 4 is 41.0 Å². The lowest BCUT2D eigenvalue weighted by Gasteiger charge is -2.35. The number of nitrogens with one attached hydrogen (secondary N) is 3. The molecule has 36 heavy (non-hydrogen) atoms. The van der Waals surface area contributed by atoms with E-state index < -0.39 is 18.0 Å². The second-order valence-corrected chi connectivity index (χ2v) is 9.42. The minimum atomic E-state index is -0.720. The first-order chi connectivity index (χ1) is 17.1. The van der Waals surface area contributed by atoms with Crippen molar-refractivity contribution in [1.29, 1.82) is 0 Å². The Hall–Kier alpha value is -3.52. The van der Waals surface area contributed by atoms with Gasteiger partial charge in [-0.05, 0) is 69.5 Å². The third-order valence-corrected chi connectivity index (χ3v) is 6.21. The van der Waals surface area contributed by atoms with Gasteiger partial charge in [-0.3, -0.25) is 4.90 Å². The fraction of sp³-hybridized carbons (Fsp3) is 0.370. The number of ether oxygens (including phenoxy) is 1. The molecule has 1 heterocycles. The molecular formula is C27H33ClN4O4. The van der Waals surface area contributed by atoms with Crippen LogP contribution in [0.3, 0.4) is 0 Å². The summed E-state index contributed by atoms with van der Waals surface area (Å²) in [5.41, 5.74) is 3.55. The van der Waals surface area contributed by atoms with Crippen LogP contribution in [0.2, 0.25) is 5.02 Å². The van der Waals surface area contributed by atoms with Crippen LogP contribution in [-0.4, -0.2) is 35.6 Å². The first-order valence-electron chi connectivity index (χ1n) is 12.0. The molecule has 0 aliphatic carbocycles. The molecule has 1 atom stereocenters. The van der Waals surface area contributed by atoms with Crippen molar-refractivity contribution in [1.82, 2.24) is 10.2 Å². The van der Waals surface area contributed by atoms with E-state index in [2.05, 4.69) is 16.0 Å². The van der Waals surface area contributed by atoms with E-state index in [1.807, 2.05) is 19.9 Å². The Morgan fingerprint density at radius 1 is 1.11 bits per heavy atom. The van der Waals surface area contributed by atoms with Gasteiger partial charge in [0.25, 0.3) is 0 Å². The van der Waals surface area contributed by atoms with Crippen LogP contribution in [0.1, 0.15) is 57.7 Å². The second-order valence-electron chi connectivity index (χ2n) is 9.01. The Kier molecular flexibility index (Phi) is 8.98. The quantitative estimate of drug-likeness (QED) is 0.357. The van der Waals surface area contributed by atoms with Crippen molar-refractivity contribution in [2.24, 2.45) is 0 Å². The average molecular weight is 513 g/mol. The van der Waals surface area contributed by atoms with Crippen LogP contribution in [-0.2, 0) is 9.53 Å². The van der Waals surface area contributed by atoms with Gasteiger partial charge in [0.15, 0.2) is 0 Å². The van der Waals surface area contributed by atoms with Crippen molar-refractivity contribution in [3.8, 4) is 0 Å². The van der Waals surface area contributed by atoms with Crippen molar-refractivity contribution in [2.75, 3.05) is 17.2 Å². The molecule has 0 bridgehead atoms. The molecule has 0 aromatic heterocycles. The number of nitrogens with zero attached hydrogens (tertiary/aromatic N) is 1. The third kappa shape index (κ3) is 6.57. The lowest BCUT2D eigenvalue weighted by atomic mass is 9.94. The normalized spacial score (nSPS) is 15.6. The molecule has 3 N–H and O–H groups in total. The Labute approximate surface area is 217 Å². The minimum absolute atomic E-state index is 0.278. The maximum atomic E-state index is 13.1. The van der Waals surface area contributed by atoms with Crippen LogP contribution in [0.25, 0.3) is 0 Å². The summed E-state index contributed by atoms with van der Waals surface area (Å²) in [6.07, 6.45) is 1.41. The summed E-state index contributed by atoms with van der Waals surface area (Å²) >= 11 is 6.14. The number of amides is 4. The highest BCUT2D eigenvalue weighted by Crippen LogP contribution is 2.33. The molecule has 0 saturated heterocycles. The minimum Gasteiger partial charge on any atom is -0.459 e. The Balaban J connectivity index is 1.87. The molecular weight excluding hydrogens is 480 g/mol. The third-order valence-electron chi connectivity index (χ3n) is 5.80. The number of anilines is 2. The number of esters is 1. The molecule has 1 aliphatic rings. The van der Waals surface area contributed by atoms with E-state index in [1.54, 1.807) is 62.1 Å². The predicted molar refractivity (Wildman–Crippen MR) is 142 cm³/mol. The largest absolute Gasteiger partial charge is 0.459 e. The number of aryl methyl sites for hydroxylation is 1. The summed E-state index contributed by atoms with van der Waals surface area (Å²) < 4.78 is 5.51. The fourth-order valence-corrected chi connectivity index (χ4v) is 4.10. The molecule has 1 aliphatic heterocycles. The molecule has 2 aromatic carbocycles. The highest BCUT2D eigenvalue weighted by Gasteiger charge is 2.36. The molecule has 0 saturated carbocycles. The van der Waals surface area contributed by atoms with E-state index in [0.29, 0.717) is 39.8 Å². The molecule has 0 spiro atoms. The van der Waals surface area contributed by atoms with Gasteiger partial charge in [0, 0.05) is 28.6 Å². The van der Waals surface area contributed by atoms with Gasteiger partial charge >= 0.3 is 18.0 Å². The van der Waals surface area contributed by atoms with Crippen LogP contribution < -0.4 is 16.0 Å². The van der Waals surface area contributed by atoms with Gasteiger partial charge in [-0.2, -0.15) is 0 Å². The van der Waals surface area contributed by atoms with Crippen LogP contribution in [0.15, 0.2) is 53.7 Å². The molecule has 4 amide bonds. The molecule has 8 nitrogen and oxygen atoms in total.